The van der Waals surface area contributed by atoms with Crippen LogP contribution in [-0.4, -0.2) is 33.4 Å². The number of aryl methyl sites for hydroxylation is 1. The van der Waals surface area contributed by atoms with Crippen LogP contribution < -0.4 is 5.32 Å². The Hall–Kier alpha value is -1.18. The van der Waals surface area contributed by atoms with Crippen molar-refractivity contribution in [2.45, 2.75) is 23.5 Å². The first kappa shape index (κ1) is 13.9. The maximum Gasteiger partial charge on any atom is 0.405 e. The number of hydrogen-bond acceptors (Lipinski definition) is 3. The number of nitrogens with one attached hydrogen (secondary N) is 1. The molecule has 1 aromatic rings. The highest BCUT2D eigenvalue weighted by Crippen LogP contribution is 2.21. The second-order valence-corrected chi connectivity index (χ2v) is 4.72. The lowest BCUT2D eigenvalue weighted by Crippen LogP contribution is -2.38. The third-order valence-electron chi connectivity index (χ3n) is 1.89. The first-order valence-electron chi connectivity index (χ1n) is 4.78. The number of amides is 1. The van der Waals surface area contributed by atoms with E-state index in [-0.39, 0.29) is 0 Å². The van der Waals surface area contributed by atoms with Gasteiger partial charge in [-0.15, -0.1) is 0 Å². The predicted octanol–water partition coefficient (Wildman–Crippen LogP) is 1.58. The number of rotatable bonds is 4. The lowest BCUT2D eigenvalue weighted by atomic mass is 10.4. The summed E-state index contributed by atoms with van der Waals surface area (Å²) in [6, 6.07) is 0. The van der Waals surface area contributed by atoms with E-state index in [0.717, 1.165) is 11.8 Å². The summed E-state index contributed by atoms with van der Waals surface area (Å²) in [5.41, 5.74) is 0. The monoisotopic (exact) mass is 267 g/mol. The van der Waals surface area contributed by atoms with Crippen molar-refractivity contribution >= 4 is 17.7 Å². The molecule has 0 aromatic carbocycles. The topological polar surface area (TPSA) is 46.9 Å². The van der Waals surface area contributed by atoms with Crippen LogP contribution >= 0.6 is 11.8 Å². The molecule has 1 rings (SSSR count). The van der Waals surface area contributed by atoms with Crippen LogP contribution in [0.4, 0.5) is 13.2 Å². The minimum Gasteiger partial charge on any atom is -0.346 e. The third-order valence-corrected chi connectivity index (χ3v) is 3.06. The minimum absolute atomic E-state index is 0.583. The van der Waals surface area contributed by atoms with E-state index in [2.05, 4.69) is 4.98 Å². The van der Waals surface area contributed by atoms with Crippen LogP contribution in [0.15, 0.2) is 17.6 Å². The van der Waals surface area contributed by atoms with Crippen molar-refractivity contribution in [2.75, 3.05) is 6.54 Å². The Balaban J connectivity index is 2.45. The summed E-state index contributed by atoms with van der Waals surface area (Å²) in [5, 5.41) is 1.79. The van der Waals surface area contributed by atoms with Crippen LogP contribution in [0.1, 0.15) is 6.92 Å². The standard InChI is InChI=1S/C9H12F3N3OS/c1-6(7(16)14-5-9(10,11)12)17-8-13-3-4-15(8)2/h3-4,6H,5H2,1-2H3,(H,14,16). The molecule has 8 heteroatoms. The lowest BCUT2D eigenvalue weighted by Gasteiger charge is -2.12. The molecule has 1 unspecified atom stereocenters. The fourth-order valence-electron chi connectivity index (χ4n) is 1.01. The fraction of sp³-hybridized carbons (Fsp3) is 0.556. The van der Waals surface area contributed by atoms with Gasteiger partial charge in [0.1, 0.15) is 6.54 Å². The third kappa shape index (κ3) is 4.68. The average molecular weight is 267 g/mol. The summed E-state index contributed by atoms with van der Waals surface area (Å²) in [7, 11) is 1.75. The van der Waals surface area contributed by atoms with Crippen molar-refractivity contribution in [1.29, 1.82) is 0 Å². The predicted molar refractivity (Wildman–Crippen MR) is 57.6 cm³/mol. The number of halogens is 3. The molecule has 1 atom stereocenters. The van der Waals surface area contributed by atoms with Gasteiger partial charge in [-0.25, -0.2) is 4.98 Å². The largest absolute Gasteiger partial charge is 0.405 e. The molecule has 0 bridgehead atoms. The van der Waals surface area contributed by atoms with Crippen molar-refractivity contribution in [2.24, 2.45) is 7.05 Å². The quantitative estimate of drug-likeness (QED) is 0.842. The van der Waals surface area contributed by atoms with Crippen molar-refractivity contribution in [3.63, 3.8) is 0 Å². The summed E-state index contributed by atoms with van der Waals surface area (Å²) in [6.07, 6.45) is -1.13. The zero-order chi connectivity index (χ0) is 13.1. The highest BCUT2D eigenvalue weighted by atomic mass is 32.2. The van der Waals surface area contributed by atoms with Crippen LogP contribution in [0.2, 0.25) is 0 Å². The van der Waals surface area contributed by atoms with Crippen LogP contribution in [-0.2, 0) is 11.8 Å². The van der Waals surface area contributed by atoms with Gasteiger partial charge in [-0.1, -0.05) is 11.8 Å². The van der Waals surface area contributed by atoms with Gasteiger partial charge in [0.05, 0.1) is 5.25 Å². The van der Waals surface area contributed by atoms with Crippen molar-refractivity contribution in [3.8, 4) is 0 Å². The van der Waals surface area contributed by atoms with Gasteiger partial charge in [0, 0.05) is 19.4 Å². The number of aromatic nitrogens is 2. The Morgan fingerprint density at radius 1 is 1.65 bits per heavy atom. The van der Waals surface area contributed by atoms with Crippen molar-refractivity contribution in [3.05, 3.63) is 12.4 Å². The van der Waals surface area contributed by atoms with E-state index in [1.54, 1.807) is 24.0 Å². The molecule has 1 amide bonds. The SMILES string of the molecule is CC(Sc1nccn1C)C(=O)NCC(F)(F)F. The normalized spacial score (nSPS) is 13.5. The number of carbonyl (C=O) groups is 1. The van der Waals surface area contributed by atoms with Gasteiger partial charge in [-0.2, -0.15) is 13.2 Å². The van der Waals surface area contributed by atoms with Gasteiger partial charge < -0.3 is 9.88 Å². The summed E-state index contributed by atoms with van der Waals surface area (Å²) < 4.78 is 37.3. The maximum atomic E-state index is 11.9. The number of hydrogen-bond donors (Lipinski definition) is 1. The Kier molecular flexibility index (Phi) is 4.44. The molecule has 0 spiro atoms. The molecule has 0 saturated carbocycles. The highest BCUT2D eigenvalue weighted by Gasteiger charge is 2.29. The Labute approximate surface area is 101 Å². The van der Waals surface area contributed by atoms with Gasteiger partial charge in [0.2, 0.25) is 5.91 Å². The van der Waals surface area contributed by atoms with Gasteiger partial charge in [-0.05, 0) is 6.92 Å². The molecular weight excluding hydrogens is 255 g/mol. The molecule has 4 nitrogen and oxygen atoms in total. The molecule has 1 heterocycles. The van der Waals surface area contributed by atoms with E-state index in [1.165, 1.54) is 6.92 Å². The molecule has 0 aliphatic carbocycles. The molecule has 1 N–H and O–H groups in total. The number of thioether (sulfide) groups is 1. The van der Waals surface area contributed by atoms with Crippen LogP contribution in [0.3, 0.4) is 0 Å². The fourth-order valence-corrected chi connectivity index (χ4v) is 1.86. The highest BCUT2D eigenvalue weighted by molar-refractivity contribution is 8.00. The smallest absolute Gasteiger partial charge is 0.346 e. The van der Waals surface area contributed by atoms with Gasteiger partial charge in [0.15, 0.2) is 5.16 Å². The lowest BCUT2D eigenvalue weighted by molar-refractivity contribution is -0.137. The van der Waals surface area contributed by atoms with E-state index < -0.39 is 23.9 Å². The zero-order valence-electron chi connectivity index (χ0n) is 9.28. The van der Waals surface area contributed by atoms with Crippen LogP contribution in [0.5, 0.6) is 0 Å². The number of nitrogens with zero attached hydrogens (tertiary/aromatic N) is 2. The van der Waals surface area contributed by atoms with E-state index in [4.69, 9.17) is 0 Å². The maximum absolute atomic E-state index is 11.9. The summed E-state index contributed by atoms with van der Waals surface area (Å²) in [5.74, 6) is -0.657. The molecule has 0 fully saturated rings. The number of alkyl halides is 3. The van der Waals surface area contributed by atoms with Gasteiger partial charge in [0.25, 0.3) is 0 Å². The van der Waals surface area contributed by atoms with E-state index >= 15 is 0 Å². The van der Waals surface area contributed by atoms with E-state index in [1.807, 2.05) is 5.32 Å². The molecular formula is C9H12F3N3OS. The molecule has 0 aliphatic rings. The molecule has 1 aromatic heterocycles. The first-order valence-corrected chi connectivity index (χ1v) is 5.66. The second kappa shape index (κ2) is 5.44. The summed E-state index contributed by atoms with van der Waals surface area (Å²) >= 11 is 1.11. The second-order valence-electron chi connectivity index (χ2n) is 3.41. The Morgan fingerprint density at radius 3 is 2.76 bits per heavy atom. The zero-order valence-corrected chi connectivity index (χ0v) is 10.1. The molecule has 17 heavy (non-hydrogen) atoms. The molecule has 0 radical (unpaired) electrons. The molecule has 0 aliphatic heterocycles. The van der Waals surface area contributed by atoms with Crippen LogP contribution in [0.25, 0.3) is 0 Å². The Morgan fingerprint density at radius 2 is 2.29 bits per heavy atom. The van der Waals surface area contributed by atoms with E-state index in [0.29, 0.717) is 5.16 Å². The average Bonchev–Trinajstić information content (AvgIpc) is 2.59. The number of carbonyl (C=O) groups excluding carboxylic acids is 1. The minimum atomic E-state index is -4.39. The van der Waals surface area contributed by atoms with Crippen molar-refractivity contribution in [1.82, 2.24) is 14.9 Å². The van der Waals surface area contributed by atoms with E-state index in [9.17, 15) is 18.0 Å². The number of imidazole rings is 1. The Bertz CT molecular complexity index is 391. The summed E-state index contributed by atoms with van der Waals surface area (Å²) in [4.78, 5) is 15.3. The summed E-state index contributed by atoms with van der Waals surface area (Å²) in [6.45, 7) is 0.225. The van der Waals surface area contributed by atoms with Crippen LogP contribution in [0, 0.1) is 0 Å². The van der Waals surface area contributed by atoms with Gasteiger partial charge >= 0.3 is 6.18 Å². The van der Waals surface area contributed by atoms with Crippen molar-refractivity contribution < 1.29 is 18.0 Å². The first-order chi connectivity index (χ1) is 7.79. The van der Waals surface area contributed by atoms with Gasteiger partial charge in [-0.3, -0.25) is 4.79 Å². The molecule has 0 saturated heterocycles. The molecule has 96 valence electrons.